The number of amides is 1. The quantitative estimate of drug-likeness (QED) is 0.347. The van der Waals surface area contributed by atoms with Crippen LogP contribution in [0.5, 0.6) is 0 Å². The highest BCUT2D eigenvalue weighted by Gasteiger charge is 2.45. The molecule has 6 heteroatoms. The lowest BCUT2D eigenvalue weighted by Crippen LogP contribution is -2.45. The van der Waals surface area contributed by atoms with Crippen LogP contribution in [0.15, 0.2) is 23.4 Å². The minimum atomic E-state index is -0.913. The summed E-state index contributed by atoms with van der Waals surface area (Å²) >= 11 is 6.04. The Morgan fingerprint density at radius 2 is 2.10 bits per heavy atom. The maximum atomic E-state index is 12.6. The zero-order valence-electron chi connectivity index (χ0n) is 11.3. The maximum Gasteiger partial charge on any atom is 0.238 e. The molecule has 1 aliphatic rings. The average Bonchev–Trinajstić information content (AvgIpc) is 2.93. The van der Waals surface area contributed by atoms with E-state index >= 15 is 0 Å². The van der Waals surface area contributed by atoms with E-state index in [0.29, 0.717) is 23.6 Å². The number of oxime groups is 1. The molecule has 0 aliphatic heterocycles. The van der Waals surface area contributed by atoms with Crippen molar-refractivity contribution in [1.29, 1.82) is 0 Å². The molecule has 1 amide bonds. The molecular weight excluding hydrogens is 278 g/mol. The van der Waals surface area contributed by atoms with Crippen molar-refractivity contribution in [3.05, 3.63) is 28.8 Å². The fourth-order valence-electron chi connectivity index (χ4n) is 2.66. The van der Waals surface area contributed by atoms with Crippen molar-refractivity contribution in [3.63, 3.8) is 0 Å². The van der Waals surface area contributed by atoms with Gasteiger partial charge in [0.1, 0.15) is 5.41 Å². The van der Waals surface area contributed by atoms with Crippen molar-refractivity contribution in [2.45, 2.75) is 32.6 Å². The number of hydrogen-bond donors (Lipinski definition) is 3. The lowest BCUT2D eigenvalue weighted by atomic mass is 9.83. The number of carbonyl (C=O) groups is 1. The molecule has 1 aromatic rings. The van der Waals surface area contributed by atoms with E-state index in [4.69, 9.17) is 22.5 Å². The molecule has 1 fully saturated rings. The fourth-order valence-corrected chi connectivity index (χ4v) is 2.83. The number of amidine groups is 1. The molecule has 0 heterocycles. The van der Waals surface area contributed by atoms with Crippen LogP contribution in [-0.2, 0) is 4.79 Å². The van der Waals surface area contributed by atoms with Crippen molar-refractivity contribution in [3.8, 4) is 0 Å². The standard InChI is InChI=1S/C14H18ClN3O2/c1-9-10(15)5-4-6-11(9)17-13(19)14(12(16)18-20)7-2-3-8-14/h4-6,20H,2-3,7-8H2,1H3,(H2,16,18)(H,17,19). The Hall–Kier alpha value is -1.75. The van der Waals surface area contributed by atoms with Crippen LogP contribution in [0.1, 0.15) is 31.2 Å². The van der Waals surface area contributed by atoms with Gasteiger partial charge in [0.05, 0.1) is 0 Å². The van der Waals surface area contributed by atoms with Gasteiger partial charge in [0, 0.05) is 10.7 Å². The number of nitrogens with one attached hydrogen (secondary N) is 1. The largest absolute Gasteiger partial charge is 0.409 e. The Kier molecular flexibility index (Phi) is 4.18. The van der Waals surface area contributed by atoms with Gasteiger partial charge in [-0.3, -0.25) is 4.79 Å². The molecule has 1 saturated carbocycles. The molecule has 1 aliphatic carbocycles. The van der Waals surface area contributed by atoms with E-state index in [2.05, 4.69) is 10.5 Å². The molecule has 0 unspecified atom stereocenters. The molecule has 108 valence electrons. The molecule has 0 aromatic heterocycles. The molecule has 0 saturated heterocycles. The summed E-state index contributed by atoms with van der Waals surface area (Å²) in [6.07, 6.45) is 2.96. The van der Waals surface area contributed by atoms with E-state index in [1.54, 1.807) is 18.2 Å². The van der Waals surface area contributed by atoms with Crippen molar-refractivity contribution in [1.82, 2.24) is 0 Å². The molecule has 2 rings (SSSR count). The summed E-state index contributed by atoms with van der Waals surface area (Å²) in [5.74, 6) is -0.261. The number of anilines is 1. The number of nitrogens with two attached hydrogens (primary N) is 1. The number of hydrogen-bond acceptors (Lipinski definition) is 3. The predicted octanol–water partition coefficient (Wildman–Crippen LogP) is 2.89. The van der Waals surface area contributed by atoms with Crippen LogP contribution in [0.3, 0.4) is 0 Å². The Morgan fingerprint density at radius 1 is 1.45 bits per heavy atom. The van der Waals surface area contributed by atoms with Gasteiger partial charge in [0.15, 0.2) is 5.84 Å². The van der Waals surface area contributed by atoms with Crippen molar-refractivity contribution in [2.24, 2.45) is 16.3 Å². The summed E-state index contributed by atoms with van der Waals surface area (Å²) in [6, 6.07) is 5.32. The van der Waals surface area contributed by atoms with Crippen LogP contribution in [-0.4, -0.2) is 17.0 Å². The second kappa shape index (κ2) is 5.71. The van der Waals surface area contributed by atoms with Gasteiger partial charge in [0.2, 0.25) is 5.91 Å². The number of rotatable bonds is 3. The van der Waals surface area contributed by atoms with Gasteiger partial charge in [-0.2, -0.15) is 0 Å². The van der Waals surface area contributed by atoms with Crippen LogP contribution in [0.25, 0.3) is 0 Å². The maximum absolute atomic E-state index is 12.6. The summed E-state index contributed by atoms with van der Waals surface area (Å²) in [5.41, 5.74) is 6.29. The third kappa shape index (κ3) is 2.45. The highest BCUT2D eigenvalue weighted by atomic mass is 35.5. The SMILES string of the molecule is Cc1c(Cl)cccc1NC(=O)C1(C(N)=NO)CCCC1. The van der Waals surface area contributed by atoms with E-state index in [0.717, 1.165) is 18.4 Å². The average molecular weight is 296 g/mol. The summed E-state index contributed by atoms with van der Waals surface area (Å²) in [6.45, 7) is 1.84. The van der Waals surface area contributed by atoms with Gasteiger partial charge < -0.3 is 16.3 Å². The van der Waals surface area contributed by atoms with Crippen LogP contribution >= 0.6 is 11.6 Å². The first-order valence-electron chi connectivity index (χ1n) is 6.56. The second-order valence-electron chi connectivity index (χ2n) is 5.14. The highest BCUT2D eigenvalue weighted by Crippen LogP contribution is 2.39. The zero-order chi connectivity index (χ0) is 14.8. The van der Waals surface area contributed by atoms with Crippen LogP contribution in [0.4, 0.5) is 5.69 Å². The van der Waals surface area contributed by atoms with E-state index < -0.39 is 5.41 Å². The van der Waals surface area contributed by atoms with Crippen LogP contribution < -0.4 is 11.1 Å². The molecule has 4 N–H and O–H groups in total. The Morgan fingerprint density at radius 3 is 2.70 bits per heavy atom. The molecule has 1 aromatic carbocycles. The number of nitrogens with zero attached hydrogens (tertiary/aromatic N) is 1. The van der Waals surface area contributed by atoms with Crippen LogP contribution in [0.2, 0.25) is 5.02 Å². The first kappa shape index (κ1) is 14.7. The normalized spacial score (nSPS) is 18.0. The van der Waals surface area contributed by atoms with E-state index in [1.165, 1.54) is 0 Å². The molecule has 5 nitrogen and oxygen atoms in total. The van der Waals surface area contributed by atoms with E-state index in [9.17, 15) is 4.79 Å². The molecule has 0 radical (unpaired) electrons. The first-order valence-corrected chi connectivity index (χ1v) is 6.93. The summed E-state index contributed by atoms with van der Waals surface area (Å²) in [7, 11) is 0. The Labute approximate surface area is 122 Å². The van der Waals surface area contributed by atoms with E-state index in [-0.39, 0.29) is 11.7 Å². The minimum absolute atomic E-state index is 0.0211. The molecule has 0 spiro atoms. The van der Waals surface area contributed by atoms with Crippen molar-refractivity contribution < 1.29 is 10.0 Å². The lowest BCUT2D eigenvalue weighted by Gasteiger charge is -2.26. The molecule has 0 bridgehead atoms. The summed E-state index contributed by atoms with van der Waals surface area (Å²) in [5, 5.41) is 15.4. The molecule has 0 atom stereocenters. The Bertz CT molecular complexity index is 551. The number of halogens is 1. The van der Waals surface area contributed by atoms with Gasteiger partial charge in [-0.25, -0.2) is 0 Å². The van der Waals surface area contributed by atoms with E-state index in [1.807, 2.05) is 6.92 Å². The second-order valence-corrected chi connectivity index (χ2v) is 5.55. The number of carbonyl (C=O) groups excluding carboxylic acids is 1. The first-order chi connectivity index (χ1) is 9.51. The fraction of sp³-hybridized carbons (Fsp3) is 0.429. The third-order valence-electron chi connectivity index (χ3n) is 4.01. The molecular formula is C14H18ClN3O2. The predicted molar refractivity (Wildman–Crippen MR) is 79.1 cm³/mol. The van der Waals surface area contributed by atoms with Crippen molar-refractivity contribution in [2.75, 3.05) is 5.32 Å². The van der Waals surface area contributed by atoms with Crippen molar-refractivity contribution >= 4 is 29.0 Å². The summed E-state index contributed by atoms with van der Waals surface area (Å²) < 4.78 is 0. The minimum Gasteiger partial charge on any atom is -0.409 e. The van der Waals surface area contributed by atoms with Gasteiger partial charge in [-0.15, -0.1) is 0 Å². The van der Waals surface area contributed by atoms with Gasteiger partial charge in [-0.1, -0.05) is 35.7 Å². The molecule has 20 heavy (non-hydrogen) atoms. The lowest BCUT2D eigenvalue weighted by molar-refractivity contribution is -0.122. The summed E-state index contributed by atoms with van der Waals surface area (Å²) in [4.78, 5) is 12.6. The van der Waals surface area contributed by atoms with Crippen LogP contribution in [0, 0.1) is 12.3 Å². The monoisotopic (exact) mass is 295 g/mol. The smallest absolute Gasteiger partial charge is 0.238 e. The van der Waals surface area contributed by atoms with Gasteiger partial charge in [-0.05, 0) is 37.5 Å². The van der Waals surface area contributed by atoms with Gasteiger partial charge in [0.25, 0.3) is 0 Å². The number of benzene rings is 1. The third-order valence-corrected chi connectivity index (χ3v) is 4.42. The zero-order valence-corrected chi connectivity index (χ0v) is 12.1. The highest BCUT2D eigenvalue weighted by molar-refractivity contribution is 6.31. The van der Waals surface area contributed by atoms with Gasteiger partial charge >= 0.3 is 0 Å². The topological polar surface area (TPSA) is 87.7 Å². The Balaban J connectivity index is 2.28.